The van der Waals surface area contributed by atoms with Crippen LogP contribution in [-0.2, 0) is 15.7 Å². The standard InChI is InChI=1S/C26H29F5N6O4/c1-12-3-4-33-5-6-34-23-17-22(36-25(37-23)40-11-14-10-38-7-8-39-14)20(28)21(35-24(17)41-12)15-9-16(32)19(27)13(2)18(15)26(29,30)31/h9,12,14,33H,3-8,10-11,32H2,1-2H3,(H,34,36,37). The van der Waals surface area contributed by atoms with Gasteiger partial charge in [0.15, 0.2) is 5.82 Å². The number of nitrogens with one attached hydrogen (secondary N) is 2. The van der Waals surface area contributed by atoms with Gasteiger partial charge in [-0.15, -0.1) is 0 Å². The fourth-order valence-corrected chi connectivity index (χ4v) is 4.70. The van der Waals surface area contributed by atoms with Gasteiger partial charge in [0.25, 0.3) is 0 Å². The number of nitrogens with zero attached hydrogens (tertiary/aromatic N) is 3. The summed E-state index contributed by atoms with van der Waals surface area (Å²) in [5.74, 6) is -2.55. The van der Waals surface area contributed by atoms with Crippen LogP contribution >= 0.6 is 0 Å². The average molecular weight is 585 g/mol. The van der Waals surface area contributed by atoms with Gasteiger partial charge in [0.2, 0.25) is 5.88 Å². The third kappa shape index (κ3) is 6.06. The number of pyridine rings is 1. The summed E-state index contributed by atoms with van der Waals surface area (Å²) in [6.45, 7) is 5.22. The van der Waals surface area contributed by atoms with Crippen molar-refractivity contribution in [3.8, 4) is 23.1 Å². The molecular formula is C26H29F5N6O4. The summed E-state index contributed by atoms with van der Waals surface area (Å²) in [5.41, 5.74) is 0.998. The zero-order valence-electron chi connectivity index (χ0n) is 22.3. The van der Waals surface area contributed by atoms with E-state index in [4.69, 9.17) is 24.7 Å². The Labute approximate surface area is 231 Å². The van der Waals surface area contributed by atoms with Crippen LogP contribution in [0.3, 0.4) is 0 Å². The molecule has 2 aromatic heterocycles. The second-order valence-electron chi connectivity index (χ2n) is 9.76. The minimum atomic E-state index is -5.05. The average Bonchev–Trinajstić information content (AvgIpc) is 2.96. The number of ether oxygens (including phenoxy) is 4. The van der Waals surface area contributed by atoms with E-state index in [1.807, 2.05) is 0 Å². The molecule has 4 N–H and O–H groups in total. The van der Waals surface area contributed by atoms with Gasteiger partial charge in [-0.3, -0.25) is 0 Å². The number of aromatic nitrogens is 3. The van der Waals surface area contributed by atoms with E-state index >= 15 is 4.39 Å². The highest BCUT2D eigenvalue weighted by atomic mass is 19.4. The van der Waals surface area contributed by atoms with E-state index in [1.165, 1.54) is 0 Å². The molecular weight excluding hydrogens is 555 g/mol. The van der Waals surface area contributed by atoms with Crippen molar-refractivity contribution in [2.75, 3.05) is 57.1 Å². The largest absolute Gasteiger partial charge is 0.474 e. The lowest BCUT2D eigenvalue weighted by atomic mass is 9.96. The molecule has 2 atom stereocenters. The Hall–Kier alpha value is -3.56. The van der Waals surface area contributed by atoms with Gasteiger partial charge in [-0.1, -0.05) is 0 Å². The summed E-state index contributed by atoms with van der Waals surface area (Å²) in [5, 5.41) is 6.33. The molecule has 3 aromatic rings. The van der Waals surface area contributed by atoms with Gasteiger partial charge in [-0.25, -0.2) is 13.8 Å². The van der Waals surface area contributed by atoms with Crippen molar-refractivity contribution in [3.05, 3.63) is 28.8 Å². The van der Waals surface area contributed by atoms with Crippen LogP contribution in [0.15, 0.2) is 6.07 Å². The molecule has 1 fully saturated rings. The Balaban J connectivity index is 1.73. The second-order valence-corrected chi connectivity index (χ2v) is 9.76. The van der Waals surface area contributed by atoms with Crippen molar-refractivity contribution < 1.29 is 40.9 Å². The fourth-order valence-electron chi connectivity index (χ4n) is 4.70. The van der Waals surface area contributed by atoms with Crippen molar-refractivity contribution in [2.24, 2.45) is 0 Å². The molecule has 4 heterocycles. The molecule has 0 radical (unpaired) electrons. The molecule has 0 spiro atoms. The summed E-state index contributed by atoms with van der Waals surface area (Å²) in [4.78, 5) is 12.8. The van der Waals surface area contributed by atoms with Gasteiger partial charge in [0.1, 0.15) is 40.9 Å². The van der Waals surface area contributed by atoms with Gasteiger partial charge in [-0.2, -0.15) is 23.1 Å². The lowest BCUT2D eigenvalue weighted by Gasteiger charge is -2.23. The Morgan fingerprint density at radius 2 is 1.90 bits per heavy atom. The van der Waals surface area contributed by atoms with E-state index in [1.54, 1.807) is 6.92 Å². The first-order valence-corrected chi connectivity index (χ1v) is 13.0. The van der Waals surface area contributed by atoms with Gasteiger partial charge in [0, 0.05) is 18.7 Å². The zero-order chi connectivity index (χ0) is 29.3. The Morgan fingerprint density at radius 3 is 2.63 bits per heavy atom. The zero-order valence-corrected chi connectivity index (χ0v) is 22.3. The predicted molar refractivity (Wildman–Crippen MR) is 139 cm³/mol. The maximum Gasteiger partial charge on any atom is 0.417 e. The SMILES string of the molecule is Cc1c(F)c(N)cc(-c2nc3c4c(nc(OCC5COCCO5)nc4c2F)NCCNCCC(C)O3)c1C(F)(F)F. The summed E-state index contributed by atoms with van der Waals surface area (Å²) in [7, 11) is 0. The summed E-state index contributed by atoms with van der Waals surface area (Å²) in [6, 6.07) is 0.462. The molecule has 41 heavy (non-hydrogen) atoms. The van der Waals surface area contributed by atoms with Crippen LogP contribution < -0.4 is 25.8 Å². The van der Waals surface area contributed by atoms with Gasteiger partial charge in [-0.05, 0) is 38.4 Å². The number of anilines is 2. The molecule has 2 unspecified atom stereocenters. The number of benzene rings is 1. The van der Waals surface area contributed by atoms with E-state index in [9.17, 15) is 17.6 Å². The molecule has 0 bridgehead atoms. The lowest BCUT2D eigenvalue weighted by molar-refractivity contribution is -0.137. The minimum absolute atomic E-state index is 0.0155. The molecule has 222 valence electrons. The highest BCUT2D eigenvalue weighted by Crippen LogP contribution is 2.44. The summed E-state index contributed by atoms with van der Waals surface area (Å²) in [6.07, 6.45) is -5.42. The molecule has 15 heteroatoms. The maximum atomic E-state index is 16.3. The van der Waals surface area contributed by atoms with Crippen LogP contribution in [0.5, 0.6) is 11.9 Å². The highest BCUT2D eigenvalue weighted by molar-refractivity contribution is 5.96. The summed E-state index contributed by atoms with van der Waals surface area (Å²) < 4.78 is 96.1. The molecule has 10 nitrogen and oxygen atoms in total. The predicted octanol–water partition coefficient (Wildman–Crippen LogP) is 3.85. The van der Waals surface area contributed by atoms with Gasteiger partial charge < -0.3 is 35.3 Å². The normalized spacial score (nSPS) is 20.2. The van der Waals surface area contributed by atoms with Crippen molar-refractivity contribution in [1.29, 1.82) is 0 Å². The topological polar surface area (TPSA) is 126 Å². The smallest absolute Gasteiger partial charge is 0.417 e. The molecule has 1 aromatic carbocycles. The van der Waals surface area contributed by atoms with E-state index in [2.05, 4.69) is 25.6 Å². The van der Waals surface area contributed by atoms with Crippen molar-refractivity contribution in [3.63, 3.8) is 0 Å². The van der Waals surface area contributed by atoms with Crippen LogP contribution in [0.2, 0.25) is 0 Å². The summed E-state index contributed by atoms with van der Waals surface area (Å²) >= 11 is 0. The number of rotatable bonds is 4. The van der Waals surface area contributed by atoms with Crippen molar-refractivity contribution in [2.45, 2.75) is 38.7 Å². The minimum Gasteiger partial charge on any atom is -0.474 e. The van der Waals surface area contributed by atoms with E-state index in [0.29, 0.717) is 45.3 Å². The van der Waals surface area contributed by atoms with Crippen molar-refractivity contribution in [1.82, 2.24) is 20.3 Å². The monoisotopic (exact) mass is 584 g/mol. The third-order valence-electron chi connectivity index (χ3n) is 6.71. The Bertz CT molecular complexity index is 1430. The third-order valence-corrected chi connectivity index (χ3v) is 6.71. The highest BCUT2D eigenvalue weighted by Gasteiger charge is 2.39. The number of halogens is 5. The van der Waals surface area contributed by atoms with Gasteiger partial charge >= 0.3 is 12.2 Å². The molecule has 0 saturated carbocycles. The molecule has 5 rings (SSSR count). The first-order chi connectivity index (χ1) is 19.5. The Morgan fingerprint density at radius 1 is 1.10 bits per heavy atom. The Kier molecular flexibility index (Phi) is 8.29. The molecule has 2 aliphatic heterocycles. The number of hydrogen-bond acceptors (Lipinski definition) is 10. The van der Waals surface area contributed by atoms with Crippen molar-refractivity contribution >= 4 is 22.4 Å². The quantitative estimate of drug-likeness (QED) is 0.308. The molecule has 1 saturated heterocycles. The van der Waals surface area contributed by atoms with Crippen LogP contribution in [0.1, 0.15) is 24.5 Å². The van der Waals surface area contributed by atoms with Crippen LogP contribution in [-0.4, -0.2) is 73.2 Å². The van der Waals surface area contributed by atoms with Crippen LogP contribution in [0, 0.1) is 18.6 Å². The number of alkyl halides is 3. The second kappa shape index (κ2) is 11.7. The maximum absolute atomic E-state index is 16.3. The number of nitrogens with two attached hydrogens (primary N) is 1. The van der Waals surface area contributed by atoms with E-state index < -0.39 is 63.6 Å². The lowest BCUT2D eigenvalue weighted by Crippen LogP contribution is -2.33. The molecule has 2 aliphatic rings. The van der Waals surface area contributed by atoms with E-state index in [-0.39, 0.29) is 36.3 Å². The van der Waals surface area contributed by atoms with Crippen LogP contribution in [0.25, 0.3) is 22.2 Å². The van der Waals surface area contributed by atoms with Crippen LogP contribution in [0.4, 0.5) is 33.5 Å². The number of nitrogen functional groups attached to an aromatic ring is 1. The van der Waals surface area contributed by atoms with Gasteiger partial charge in [0.05, 0.1) is 37.2 Å². The number of hydrogen-bond donors (Lipinski definition) is 3. The first kappa shape index (κ1) is 29.0. The molecule has 0 amide bonds. The van der Waals surface area contributed by atoms with E-state index in [0.717, 1.165) is 6.92 Å². The molecule has 0 aliphatic carbocycles. The fraction of sp³-hybridized carbons (Fsp3) is 0.500. The first-order valence-electron chi connectivity index (χ1n) is 13.0.